The van der Waals surface area contributed by atoms with Gasteiger partial charge in [0.05, 0.1) is 17.8 Å². The average Bonchev–Trinajstić information content (AvgIpc) is 2.80. The van der Waals surface area contributed by atoms with E-state index in [1.165, 1.54) is 0 Å². The zero-order chi connectivity index (χ0) is 14.1. The highest BCUT2D eigenvalue weighted by molar-refractivity contribution is 5.76. The van der Waals surface area contributed by atoms with Crippen molar-refractivity contribution in [2.24, 2.45) is 0 Å². The van der Waals surface area contributed by atoms with E-state index in [0.717, 1.165) is 16.8 Å². The van der Waals surface area contributed by atoms with Gasteiger partial charge in [-0.3, -0.25) is 9.78 Å². The number of fused-ring (bicyclic) bond motifs is 1. The number of imidazole rings is 1. The van der Waals surface area contributed by atoms with Gasteiger partial charge in [-0.1, -0.05) is 6.07 Å². The Hall–Kier alpha value is -2.69. The lowest BCUT2D eigenvalue weighted by molar-refractivity contribution is -0.136. The molecule has 5 nitrogen and oxygen atoms in total. The average molecular weight is 267 g/mol. The molecule has 0 saturated heterocycles. The number of aliphatic carboxylic acids is 1. The number of hydrogen-bond donors (Lipinski definition) is 1. The summed E-state index contributed by atoms with van der Waals surface area (Å²) in [6.07, 6.45) is 5.15. The van der Waals surface area contributed by atoms with Gasteiger partial charge in [-0.2, -0.15) is 0 Å². The van der Waals surface area contributed by atoms with Crippen LogP contribution < -0.4 is 0 Å². The first kappa shape index (κ1) is 12.3. The summed E-state index contributed by atoms with van der Waals surface area (Å²) in [5.74, 6) is -0.876. The van der Waals surface area contributed by atoms with Crippen LogP contribution >= 0.6 is 0 Å². The molecule has 3 rings (SSSR count). The number of carboxylic acid groups (broad SMARTS) is 1. The number of aryl methyl sites for hydroxylation is 1. The van der Waals surface area contributed by atoms with Crippen LogP contribution in [0.5, 0.6) is 0 Å². The Bertz CT molecular complexity index is 778. The van der Waals surface area contributed by atoms with Crippen molar-refractivity contribution in [3.05, 3.63) is 54.1 Å². The molecule has 0 bridgehead atoms. The minimum Gasteiger partial charge on any atom is -0.481 e. The standard InChI is InChI=1S/C15H13N3O2/c1-10-4-3-7-18-12(8-13(19)20)14(17-15(10)18)11-5-2-6-16-9-11/h2-7,9H,8H2,1H3,(H,19,20). The van der Waals surface area contributed by atoms with Crippen molar-refractivity contribution in [1.82, 2.24) is 14.4 Å². The fourth-order valence-corrected chi connectivity index (χ4v) is 2.30. The normalized spacial score (nSPS) is 10.8. The molecule has 0 fully saturated rings. The summed E-state index contributed by atoms with van der Waals surface area (Å²) in [6, 6.07) is 7.55. The smallest absolute Gasteiger partial charge is 0.309 e. The van der Waals surface area contributed by atoms with E-state index in [1.54, 1.807) is 12.4 Å². The third-order valence-corrected chi connectivity index (χ3v) is 3.20. The van der Waals surface area contributed by atoms with Crippen LogP contribution in [0.1, 0.15) is 11.3 Å². The largest absolute Gasteiger partial charge is 0.481 e. The molecular weight excluding hydrogens is 254 g/mol. The Kier molecular flexibility index (Phi) is 2.95. The van der Waals surface area contributed by atoms with E-state index in [-0.39, 0.29) is 6.42 Å². The Labute approximate surface area is 115 Å². The highest BCUT2D eigenvalue weighted by Crippen LogP contribution is 2.25. The Morgan fingerprint density at radius 1 is 1.35 bits per heavy atom. The Morgan fingerprint density at radius 3 is 2.90 bits per heavy atom. The fraction of sp³-hybridized carbons (Fsp3) is 0.133. The van der Waals surface area contributed by atoms with Gasteiger partial charge in [0.15, 0.2) is 0 Å². The molecule has 0 amide bonds. The Balaban J connectivity index is 2.30. The van der Waals surface area contributed by atoms with Crippen LogP contribution in [0, 0.1) is 6.92 Å². The molecule has 0 unspecified atom stereocenters. The SMILES string of the molecule is Cc1cccn2c(CC(=O)O)c(-c3cccnc3)nc12. The van der Waals surface area contributed by atoms with Gasteiger partial charge in [0, 0.05) is 24.2 Å². The second-order valence-corrected chi connectivity index (χ2v) is 4.60. The monoisotopic (exact) mass is 267 g/mol. The zero-order valence-corrected chi connectivity index (χ0v) is 10.9. The maximum atomic E-state index is 11.1. The molecule has 5 heteroatoms. The van der Waals surface area contributed by atoms with Crippen molar-refractivity contribution in [1.29, 1.82) is 0 Å². The first-order valence-electron chi connectivity index (χ1n) is 6.25. The lowest BCUT2D eigenvalue weighted by Crippen LogP contribution is -2.04. The fourth-order valence-electron chi connectivity index (χ4n) is 2.30. The van der Waals surface area contributed by atoms with Gasteiger partial charge in [0.25, 0.3) is 0 Å². The molecule has 0 radical (unpaired) electrons. The highest BCUT2D eigenvalue weighted by atomic mass is 16.4. The van der Waals surface area contributed by atoms with E-state index < -0.39 is 5.97 Å². The second-order valence-electron chi connectivity index (χ2n) is 4.60. The van der Waals surface area contributed by atoms with Gasteiger partial charge < -0.3 is 9.51 Å². The molecule has 100 valence electrons. The van der Waals surface area contributed by atoms with Crippen LogP contribution in [0.3, 0.4) is 0 Å². The molecule has 3 heterocycles. The van der Waals surface area contributed by atoms with Crippen molar-refractivity contribution in [2.75, 3.05) is 0 Å². The summed E-state index contributed by atoms with van der Waals surface area (Å²) >= 11 is 0. The number of hydrogen-bond acceptors (Lipinski definition) is 3. The minimum atomic E-state index is -0.876. The molecule has 0 aromatic carbocycles. The quantitative estimate of drug-likeness (QED) is 0.790. The predicted octanol–water partition coefficient (Wildman–Crippen LogP) is 2.33. The third-order valence-electron chi connectivity index (χ3n) is 3.20. The van der Waals surface area contributed by atoms with E-state index in [0.29, 0.717) is 11.4 Å². The van der Waals surface area contributed by atoms with Crippen molar-refractivity contribution in [3.63, 3.8) is 0 Å². The lowest BCUT2D eigenvalue weighted by Gasteiger charge is -2.02. The van der Waals surface area contributed by atoms with Crippen LogP contribution in [0.4, 0.5) is 0 Å². The minimum absolute atomic E-state index is 0.0746. The van der Waals surface area contributed by atoms with E-state index >= 15 is 0 Å². The molecule has 0 aliphatic carbocycles. The molecule has 3 aromatic heterocycles. The summed E-state index contributed by atoms with van der Waals surface area (Å²) in [7, 11) is 0. The van der Waals surface area contributed by atoms with Crippen molar-refractivity contribution >= 4 is 11.6 Å². The number of aromatic nitrogens is 3. The molecule has 0 spiro atoms. The maximum Gasteiger partial charge on any atom is 0.309 e. The molecule has 0 saturated carbocycles. The maximum absolute atomic E-state index is 11.1. The Morgan fingerprint density at radius 2 is 2.20 bits per heavy atom. The van der Waals surface area contributed by atoms with Gasteiger partial charge in [0.2, 0.25) is 0 Å². The van der Waals surface area contributed by atoms with E-state index in [4.69, 9.17) is 5.11 Å². The van der Waals surface area contributed by atoms with Crippen molar-refractivity contribution < 1.29 is 9.90 Å². The number of rotatable bonds is 3. The molecular formula is C15H13N3O2. The molecule has 0 atom stereocenters. The summed E-state index contributed by atoms with van der Waals surface area (Å²) < 4.78 is 1.84. The number of pyridine rings is 2. The van der Waals surface area contributed by atoms with Crippen molar-refractivity contribution in [2.45, 2.75) is 13.3 Å². The topological polar surface area (TPSA) is 67.5 Å². The number of carboxylic acids is 1. The zero-order valence-electron chi connectivity index (χ0n) is 10.9. The van der Waals surface area contributed by atoms with Crippen LogP contribution in [0.25, 0.3) is 16.9 Å². The molecule has 3 aromatic rings. The molecule has 20 heavy (non-hydrogen) atoms. The summed E-state index contributed by atoms with van der Waals surface area (Å²) in [5, 5.41) is 9.13. The van der Waals surface area contributed by atoms with Gasteiger partial charge >= 0.3 is 5.97 Å². The van der Waals surface area contributed by atoms with Gasteiger partial charge in [-0.05, 0) is 30.7 Å². The molecule has 0 aliphatic heterocycles. The highest BCUT2D eigenvalue weighted by Gasteiger charge is 2.17. The summed E-state index contributed by atoms with van der Waals surface area (Å²) in [5.41, 5.74) is 3.96. The lowest BCUT2D eigenvalue weighted by atomic mass is 10.1. The predicted molar refractivity (Wildman–Crippen MR) is 74.5 cm³/mol. The number of carbonyl (C=O) groups is 1. The van der Waals surface area contributed by atoms with E-state index in [9.17, 15) is 4.79 Å². The summed E-state index contributed by atoms with van der Waals surface area (Å²) in [4.78, 5) is 19.8. The number of nitrogens with zero attached hydrogens (tertiary/aromatic N) is 3. The van der Waals surface area contributed by atoms with E-state index in [1.807, 2.05) is 41.8 Å². The first-order chi connectivity index (χ1) is 9.66. The molecule has 0 aliphatic rings. The summed E-state index contributed by atoms with van der Waals surface area (Å²) in [6.45, 7) is 1.96. The van der Waals surface area contributed by atoms with Crippen molar-refractivity contribution in [3.8, 4) is 11.3 Å². The van der Waals surface area contributed by atoms with Gasteiger partial charge in [-0.25, -0.2) is 4.98 Å². The molecule has 1 N–H and O–H groups in total. The van der Waals surface area contributed by atoms with Gasteiger partial charge in [-0.15, -0.1) is 0 Å². The van der Waals surface area contributed by atoms with Crippen LogP contribution in [-0.2, 0) is 11.2 Å². The first-order valence-corrected chi connectivity index (χ1v) is 6.25. The third kappa shape index (κ3) is 2.03. The van der Waals surface area contributed by atoms with E-state index in [2.05, 4.69) is 9.97 Å². The van der Waals surface area contributed by atoms with Crippen LogP contribution in [0.15, 0.2) is 42.9 Å². The second kappa shape index (κ2) is 4.77. The van der Waals surface area contributed by atoms with Crippen LogP contribution in [0.2, 0.25) is 0 Å². The van der Waals surface area contributed by atoms with Crippen LogP contribution in [-0.4, -0.2) is 25.4 Å². The van der Waals surface area contributed by atoms with Gasteiger partial charge in [0.1, 0.15) is 5.65 Å².